The molecule has 44 heavy (non-hydrogen) atoms. The first kappa shape index (κ1) is 39.5. The van der Waals surface area contributed by atoms with E-state index in [0.717, 1.165) is 47.6 Å². The summed E-state index contributed by atoms with van der Waals surface area (Å²) in [5.41, 5.74) is 0.898. The van der Waals surface area contributed by atoms with Crippen LogP contribution in [0, 0.1) is 23.3 Å². The number of fused-ring (bicyclic) bond motifs is 1. The first-order chi connectivity index (χ1) is 20.0. The molecule has 245 valence electrons. The van der Waals surface area contributed by atoms with E-state index >= 15 is 0 Å². The van der Waals surface area contributed by atoms with Gasteiger partial charge in [-0.2, -0.15) is 13.2 Å². The van der Waals surface area contributed by atoms with Gasteiger partial charge in [0.05, 0.1) is 11.2 Å². The second kappa shape index (κ2) is 16.7. The van der Waals surface area contributed by atoms with Crippen LogP contribution in [0.5, 0.6) is 0 Å². The molecular formula is C36H48F3IrN2O2-. The number of hydrogen-bond donors (Lipinski definition) is 1. The van der Waals surface area contributed by atoms with Crippen molar-refractivity contribution < 1.29 is 43.2 Å². The van der Waals surface area contributed by atoms with E-state index in [0.29, 0.717) is 11.4 Å². The number of aliphatic hydroxyl groups excluding tert-OH is 1. The number of benzene rings is 2. The van der Waals surface area contributed by atoms with Crippen molar-refractivity contribution in [1.29, 1.82) is 0 Å². The van der Waals surface area contributed by atoms with Gasteiger partial charge >= 0.3 is 6.18 Å². The Bertz CT molecular complexity index is 1390. The van der Waals surface area contributed by atoms with Crippen LogP contribution < -0.4 is 0 Å². The molecule has 0 spiro atoms. The maximum Gasteiger partial charge on any atom is 0.394 e. The number of rotatable bonds is 10. The third-order valence-electron chi connectivity index (χ3n) is 8.06. The van der Waals surface area contributed by atoms with Gasteiger partial charge in [0.1, 0.15) is 6.33 Å². The number of aromatic nitrogens is 2. The van der Waals surface area contributed by atoms with E-state index in [2.05, 4.69) is 42.9 Å². The molecule has 0 atom stereocenters. The Morgan fingerprint density at radius 1 is 0.909 bits per heavy atom. The Balaban J connectivity index is 0.000000519. The zero-order valence-corrected chi connectivity index (χ0v) is 29.9. The molecule has 0 fully saturated rings. The number of alkyl halides is 3. The van der Waals surface area contributed by atoms with Gasteiger partial charge in [-0.25, -0.2) is 4.98 Å². The quantitative estimate of drug-likeness (QED) is 0.126. The minimum Gasteiger partial charge on any atom is -0.512 e. The molecule has 0 amide bonds. The third-order valence-corrected chi connectivity index (χ3v) is 8.06. The fourth-order valence-corrected chi connectivity index (χ4v) is 4.96. The monoisotopic (exact) mass is 790 g/mol. The maximum atomic E-state index is 13.3. The first-order valence-electron chi connectivity index (χ1n) is 15.3. The molecule has 1 heterocycles. The Labute approximate surface area is 275 Å². The van der Waals surface area contributed by atoms with Crippen LogP contribution in [-0.2, 0) is 36.7 Å². The Kier molecular flexibility index (Phi) is 14.9. The van der Waals surface area contributed by atoms with Crippen molar-refractivity contribution in [3.05, 3.63) is 71.9 Å². The van der Waals surface area contributed by atoms with Gasteiger partial charge in [0.15, 0.2) is 5.78 Å². The number of carbonyl (C=O) groups is 1. The summed E-state index contributed by atoms with van der Waals surface area (Å²) < 4.78 is 39.8. The van der Waals surface area contributed by atoms with E-state index in [1.807, 2.05) is 52.0 Å². The summed E-state index contributed by atoms with van der Waals surface area (Å²) in [5.74, 6) is 0.547. The normalized spacial score (nSPS) is 12.6. The smallest absolute Gasteiger partial charge is 0.394 e. The van der Waals surface area contributed by atoms with Gasteiger partial charge in [0.2, 0.25) is 0 Å². The standard InChI is InChI=1S/C23H24F3N2.C13H24O2.Ir/c1-21(2,3)19-11-16(10-15-8-6-7-9-18(15)19)20-12-17(27-14-28-20)13-22(4,5)23(24,25)26;1-5-10(6-2)12(14)9-13(15)11(7-3)8-4;/h6-9,11-12,14H,13H2,1-5H3;9-11,14H,5-8H2,1-4H3;/q-1;;/b;12-9-;. The predicted octanol–water partition coefficient (Wildman–Crippen LogP) is 10.4. The summed E-state index contributed by atoms with van der Waals surface area (Å²) in [6.45, 7) is 16.9. The molecule has 0 saturated heterocycles. The van der Waals surface area contributed by atoms with Gasteiger partial charge in [0, 0.05) is 55.8 Å². The minimum absolute atomic E-state index is 0. The molecule has 0 unspecified atom stereocenters. The molecule has 1 radical (unpaired) electrons. The molecule has 1 aromatic heterocycles. The largest absolute Gasteiger partial charge is 0.512 e. The van der Waals surface area contributed by atoms with Gasteiger partial charge in [0.25, 0.3) is 0 Å². The van der Waals surface area contributed by atoms with Crippen LogP contribution in [0.2, 0.25) is 0 Å². The van der Waals surface area contributed by atoms with Crippen molar-refractivity contribution in [2.45, 2.75) is 106 Å². The summed E-state index contributed by atoms with van der Waals surface area (Å²) in [6.07, 6.45) is 1.73. The van der Waals surface area contributed by atoms with Crippen molar-refractivity contribution in [2.24, 2.45) is 17.3 Å². The van der Waals surface area contributed by atoms with Crippen molar-refractivity contribution >= 4 is 16.6 Å². The van der Waals surface area contributed by atoms with E-state index < -0.39 is 11.6 Å². The van der Waals surface area contributed by atoms with Crippen LogP contribution in [-0.4, -0.2) is 27.0 Å². The Morgan fingerprint density at radius 3 is 2.00 bits per heavy atom. The first-order valence-corrected chi connectivity index (χ1v) is 15.3. The Morgan fingerprint density at radius 2 is 1.48 bits per heavy atom. The van der Waals surface area contributed by atoms with Crippen LogP contribution in [0.25, 0.3) is 22.0 Å². The van der Waals surface area contributed by atoms with E-state index in [1.54, 1.807) is 6.07 Å². The van der Waals surface area contributed by atoms with Crippen molar-refractivity contribution in [2.75, 3.05) is 0 Å². The summed E-state index contributed by atoms with van der Waals surface area (Å²) in [7, 11) is 0. The molecule has 1 N–H and O–H groups in total. The minimum atomic E-state index is -4.30. The zero-order valence-electron chi connectivity index (χ0n) is 27.5. The number of nitrogens with zero attached hydrogens (tertiary/aromatic N) is 2. The van der Waals surface area contributed by atoms with Gasteiger partial charge in [-0.1, -0.05) is 91.5 Å². The topological polar surface area (TPSA) is 63.1 Å². The molecule has 0 aliphatic rings. The molecule has 3 rings (SSSR count). The number of carbonyl (C=O) groups excluding carboxylic acids is 1. The van der Waals surface area contributed by atoms with Gasteiger partial charge in [-0.05, 0) is 37.2 Å². The number of allylic oxidation sites excluding steroid dienone is 2. The molecule has 0 aliphatic heterocycles. The van der Waals surface area contributed by atoms with Gasteiger partial charge in [-0.3, -0.25) is 9.78 Å². The second-order valence-corrected chi connectivity index (χ2v) is 12.8. The van der Waals surface area contributed by atoms with Crippen LogP contribution in [0.1, 0.15) is 99.3 Å². The molecule has 2 aromatic carbocycles. The fourth-order valence-electron chi connectivity index (χ4n) is 4.96. The summed E-state index contributed by atoms with van der Waals surface area (Å²) in [4.78, 5) is 20.1. The molecule has 0 saturated carbocycles. The predicted molar refractivity (Wildman–Crippen MR) is 170 cm³/mol. The maximum absolute atomic E-state index is 13.3. The van der Waals surface area contributed by atoms with Crippen LogP contribution in [0.4, 0.5) is 13.2 Å². The second-order valence-electron chi connectivity index (χ2n) is 12.8. The molecule has 4 nitrogen and oxygen atoms in total. The number of halogens is 3. The average Bonchev–Trinajstić information content (AvgIpc) is 2.93. The Hall–Kier alpha value is -2.57. The van der Waals surface area contributed by atoms with Gasteiger partial charge < -0.3 is 5.11 Å². The molecule has 0 bridgehead atoms. The SMILES string of the molecule is CC(C)(C)c1cc(-c2cc(CC(C)(C)C(F)(F)F)ncn2)[c-]c2ccccc12.CCC(CC)C(=O)/C=C(\O)C(CC)CC.[Ir]. The summed E-state index contributed by atoms with van der Waals surface area (Å²) >= 11 is 0. The average molecular weight is 790 g/mol. The molecule has 3 aromatic rings. The van der Waals surface area contributed by atoms with E-state index in [-0.39, 0.29) is 55.3 Å². The third kappa shape index (κ3) is 10.5. The zero-order chi connectivity index (χ0) is 32.6. The van der Waals surface area contributed by atoms with Crippen molar-refractivity contribution in [1.82, 2.24) is 9.97 Å². The molecule has 0 aliphatic carbocycles. The van der Waals surface area contributed by atoms with E-state index in [4.69, 9.17) is 0 Å². The molecular weight excluding hydrogens is 742 g/mol. The fraction of sp³-hybridized carbons (Fsp3) is 0.528. The van der Waals surface area contributed by atoms with Crippen LogP contribution >= 0.6 is 0 Å². The van der Waals surface area contributed by atoms with E-state index in [1.165, 1.54) is 26.3 Å². The number of hydrogen-bond acceptors (Lipinski definition) is 4. The van der Waals surface area contributed by atoms with Crippen molar-refractivity contribution in [3.8, 4) is 11.3 Å². The molecule has 8 heteroatoms. The number of aliphatic hydroxyl groups is 1. The summed E-state index contributed by atoms with van der Waals surface area (Å²) in [6, 6.07) is 15.0. The summed E-state index contributed by atoms with van der Waals surface area (Å²) in [5, 5.41) is 11.8. The van der Waals surface area contributed by atoms with Crippen LogP contribution in [0.15, 0.2) is 54.6 Å². The van der Waals surface area contributed by atoms with E-state index in [9.17, 15) is 23.1 Å². The van der Waals surface area contributed by atoms with Crippen molar-refractivity contribution in [3.63, 3.8) is 0 Å². The number of ketones is 1. The van der Waals surface area contributed by atoms with Crippen LogP contribution in [0.3, 0.4) is 0 Å². The van der Waals surface area contributed by atoms with Gasteiger partial charge in [-0.15, -0.1) is 29.1 Å².